The van der Waals surface area contributed by atoms with Gasteiger partial charge >= 0.3 is 0 Å². The molecule has 68 heavy (non-hydrogen) atoms. The van der Waals surface area contributed by atoms with Crippen molar-refractivity contribution in [2.45, 2.75) is 0 Å². The van der Waals surface area contributed by atoms with Crippen molar-refractivity contribution in [2.75, 3.05) is 0 Å². The summed E-state index contributed by atoms with van der Waals surface area (Å²) in [4.78, 5) is 20.4. The topological polar surface area (TPSA) is 61.4 Å². The SMILES string of the molecule is c1ccc(-c2cc(-c3ccccc3)nc(-c3ccc(-n4c5ccccc5c5cc6c(cc54)c4ccccc4n6-c4ccc(-c5nc(-c6ccccc6)cc(-c6ccccc6)n5)cc4)cc3)n2)cc1. The van der Waals surface area contributed by atoms with E-state index in [-0.39, 0.29) is 0 Å². The minimum absolute atomic E-state index is 0.687. The van der Waals surface area contributed by atoms with E-state index in [1.807, 2.05) is 72.8 Å². The van der Waals surface area contributed by atoms with Gasteiger partial charge < -0.3 is 9.13 Å². The first kappa shape index (κ1) is 39.1. The van der Waals surface area contributed by atoms with Crippen molar-refractivity contribution in [3.63, 3.8) is 0 Å². The molecule has 0 N–H and O–H groups in total. The third-order valence-corrected chi connectivity index (χ3v) is 13.0. The van der Waals surface area contributed by atoms with Crippen LogP contribution in [-0.2, 0) is 0 Å². The summed E-state index contributed by atoms with van der Waals surface area (Å²) >= 11 is 0. The van der Waals surface area contributed by atoms with E-state index in [9.17, 15) is 0 Å². The van der Waals surface area contributed by atoms with Crippen LogP contribution in [0.5, 0.6) is 0 Å². The Kier molecular flexibility index (Phi) is 9.39. The zero-order valence-electron chi connectivity index (χ0n) is 36.8. The third kappa shape index (κ3) is 6.82. The molecule has 318 valence electrons. The number of aromatic nitrogens is 6. The summed E-state index contributed by atoms with van der Waals surface area (Å²) in [5.41, 5.74) is 16.4. The van der Waals surface area contributed by atoms with E-state index >= 15 is 0 Å². The van der Waals surface area contributed by atoms with Gasteiger partial charge in [-0.25, -0.2) is 19.9 Å². The zero-order chi connectivity index (χ0) is 45.0. The second kappa shape index (κ2) is 16.3. The summed E-state index contributed by atoms with van der Waals surface area (Å²) < 4.78 is 4.78. The standard InChI is InChI=1S/C62H40N6/c1-5-17-41(18-6-1)53-39-54(42-19-7-2-8-20-42)64-61(63-53)45-29-33-47(34-30-45)67-57-27-15-13-25-49(57)51-38-60-52(37-59(51)67)50-26-14-16-28-58(50)68(60)48-35-31-46(32-36-48)62-65-55(43-21-9-3-10-22-43)40-56(66-62)44-23-11-4-12-24-44/h1-40H. The molecule has 0 aliphatic heterocycles. The Morgan fingerprint density at radius 3 is 0.838 bits per heavy atom. The second-order valence-corrected chi connectivity index (χ2v) is 17.1. The molecule has 6 heteroatoms. The normalized spacial score (nSPS) is 11.5. The minimum atomic E-state index is 0.687. The second-order valence-electron chi connectivity index (χ2n) is 17.1. The van der Waals surface area contributed by atoms with E-state index in [0.29, 0.717) is 11.6 Å². The van der Waals surface area contributed by atoms with E-state index in [1.54, 1.807) is 0 Å². The summed E-state index contributed by atoms with van der Waals surface area (Å²) in [7, 11) is 0. The quantitative estimate of drug-likeness (QED) is 0.153. The van der Waals surface area contributed by atoms with E-state index in [4.69, 9.17) is 19.9 Å². The lowest BCUT2D eigenvalue weighted by Gasteiger charge is -2.12. The van der Waals surface area contributed by atoms with Gasteiger partial charge in [-0.3, -0.25) is 0 Å². The molecular weight excluding hydrogens is 829 g/mol. The highest BCUT2D eigenvalue weighted by molar-refractivity contribution is 6.19. The molecule has 0 radical (unpaired) electrons. The number of nitrogens with zero attached hydrogens (tertiary/aromatic N) is 6. The summed E-state index contributed by atoms with van der Waals surface area (Å²) in [6.45, 7) is 0. The highest BCUT2D eigenvalue weighted by atomic mass is 15.0. The third-order valence-electron chi connectivity index (χ3n) is 13.0. The Morgan fingerprint density at radius 2 is 0.515 bits per heavy atom. The molecule has 0 saturated carbocycles. The average Bonchev–Trinajstić information content (AvgIpc) is 3.93. The predicted octanol–water partition coefficient (Wildman–Crippen LogP) is 15.5. The van der Waals surface area contributed by atoms with Gasteiger partial charge in [0.2, 0.25) is 0 Å². The van der Waals surface area contributed by atoms with Gasteiger partial charge in [0.05, 0.1) is 44.8 Å². The van der Waals surface area contributed by atoms with Crippen LogP contribution in [0.3, 0.4) is 0 Å². The van der Waals surface area contributed by atoms with Crippen molar-refractivity contribution < 1.29 is 0 Å². The first-order valence-corrected chi connectivity index (χ1v) is 22.9. The van der Waals surface area contributed by atoms with Crippen molar-refractivity contribution >= 4 is 43.6 Å². The van der Waals surface area contributed by atoms with Crippen LogP contribution in [0.25, 0.3) is 123 Å². The molecule has 4 aromatic heterocycles. The molecular formula is C62H40N6. The van der Waals surface area contributed by atoms with Crippen molar-refractivity contribution in [1.29, 1.82) is 0 Å². The van der Waals surface area contributed by atoms with Crippen LogP contribution in [-0.4, -0.2) is 29.1 Å². The molecule has 0 amide bonds. The minimum Gasteiger partial charge on any atom is -0.309 e. The maximum atomic E-state index is 5.11. The lowest BCUT2D eigenvalue weighted by Crippen LogP contribution is -1.98. The van der Waals surface area contributed by atoms with Crippen LogP contribution in [0.2, 0.25) is 0 Å². The van der Waals surface area contributed by atoms with Gasteiger partial charge in [0, 0.05) is 66.3 Å². The van der Waals surface area contributed by atoms with Crippen molar-refractivity contribution in [1.82, 2.24) is 29.1 Å². The zero-order valence-corrected chi connectivity index (χ0v) is 36.8. The fourth-order valence-corrected chi connectivity index (χ4v) is 9.69. The summed E-state index contributed by atoms with van der Waals surface area (Å²) in [6, 6.07) is 85.0. The summed E-state index contributed by atoms with van der Waals surface area (Å²) in [5.74, 6) is 1.37. The van der Waals surface area contributed by atoms with Crippen LogP contribution in [0.15, 0.2) is 243 Å². The maximum absolute atomic E-state index is 5.11. The van der Waals surface area contributed by atoms with Crippen LogP contribution in [0.1, 0.15) is 0 Å². The Labute approximate surface area is 392 Å². The summed E-state index contributed by atoms with van der Waals surface area (Å²) in [5, 5.41) is 4.75. The molecule has 13 rings (SSSR count). The number of fused-ring (bicyclic) bond motifs is 6. The summed E-state index contributed by atoms with van der Waals surface area (Å²) in [6.07, 6.45) is 0. The molecule has 0 bridgehead atoms. The molecule has 0 spiro atoms. The first-order chi connectivity index (χ1) is 33.7. The number of benzene rings is 9. The number of hydrogen-bond acceptors (Lipinski definition) is 4. The van der Waals surface area contributed by atoms with Gasteiger partial charge in [-0.2, -0.15) is 0 Å². The highest BCUT2D eigenvalue weighted by Gasteiger charge is 2.20. The van der Waals surface area contributed by atoms with Gasteiger partial charge in [0.25, 0.3) is 0 Å². The molecule has 4 heterocycles. The molecule has 0 saturated heterocycles. The van der Waals surface area contributed by atoms with Crippen LogP contribution in [0, 0.1) is 0 Å². The molecule has 13 aromatic rings. The predicted molar refractivity (Wildman–Crippen MR) is 279 cm³/mol. The largest absolute Gasteiger partial charge is 0.309 e. The molecule has 0 unspecified atom stereocenters. The lowest BCUT2D eigenvalue weighted by molar-refractivity contribution is 1.16. The Morgan fingerprint density at radius 1 is 0.221 bits per heavy atom. The molecule has 0 aliphatic rings. The molecule has 0 atom stereocenters. The van der Waals surface area contributed by atoms with Crippen LogP contribution in [0.4, 0.5) is 0 Å². The number of hydrogen-bond donors (Lipinski definition) is 0. The van der Waals surface area contributed by atoms with E-state index < -0.39 is 0 Å². The van der Waals surface area contributed by atoms with Crippen molar-refractivity contribution in [2.24, 2.45) is 0 Å². The van der Waals surface area contributed by atoms with Crippen molar-refractivity contribution in [3.05, 3.63) is 243 Å². The number of para-hydroxylation sites is 2. The first-order valence-electron chi connectivity index (χ1n) is 22.9. The Bertz CT molecular complexity index is 3590. The maximum Gasteiger partial charge on any atom is 0.160 e. The van der Waals surface area contributed by atoms with Gasteiger partial charge in [0.1, 0.15) is 0 Å². The van der Waals surface area contributed by atoms with Gasteiger partial charge in [0.15, 0.2) is 11.6 Å². The van der Waals surface area contributed by atoms with E-state index in [2.05, 4.69) is 179 Å². The smallest absolute Gasteiger partial charge is 0.160 e. The fraction of sp³-hybridized carbons (Fsp3) is 0. The van der Waals surface area contributed by atoms with E-state index in [1.165, 1.54) is 21.5 Å². The highest BCUT2D eigenvalue weighted by Crippen LogP contribution is 2.40. The van der Waals surface area contributed by atoms with Crippen molar-refractivity contribution in [3.8, 4) is 79.2 Å². The van der Waals surface area contributed by atoms with Gasteiger partial charge in [-0.05, 0) is 84.9 Å². The molecule has 0 fully saturated rings. The molecule has 6 nitrogen and oxygen atoms in total. The number of rotatable bonds is 8. The van der Waals surface area contributed by atoms with Gasteiger partial charge in [-0.15, -0.1) is 0 Å². The van der Waals surface area contributed by atoms with Crippen LogP contribution >= 0.6 is 0 Å². The molecule has 9 aromatic carbocycles. The molecule has 0 aliphatic carbocycles. The Balaban J connectivity index is 0.921. The van der Waals surface area contributed by atoms with Gasteiger partial charge in [-0.1, -0.05) is 158 Å². The van der Waals surface area contributed by atoms with E-state index in [0.717, 1.165) is 89.6 Å². The lowest BCUT2D eigenvalue weighted by atomic mass is 10.1. The monoisotopic (exact) mass is 868 g/mol. The fourth-order valence-electron chi connectivity index (χ4n) is 9.69. The Hall–Kier alpha value is -9.26. The average molecular weight is 869 g/mol. The van der Waals surface area contributed by atoms with Crippen LogP contribution < -0.4 is 0 Å².